The van der Waals surface area contributed by atoms with Crippen molar-refractivity contribution in [2.75, 3.05) is 13.2 Å². The number of hydrogen-bond acceptors (Lipinski definition) is 4. The summed E-state index contributed by atoms with van der Waals surface area (Å²) in [5.41, 5.74) is 0. The van der Waals surface area contributed by atoms with Crippen molar-refractivity contribution < 1.29 is 19.7 Å². The first kappa shape index (κ1) is 7.94. The third-order valence-corrected chi connectivity index (χ3v) is 1.33. The first-order valence-corrected chi connectivity index (χ1v) is 3.15. The highest BCUT2D eigenvalue weighted by Gasteiger charge is 2.43. The summed E-state index contributed by atoms with van der Waals surface area (Å²) in [5, 5.41) is 17.8. The van der Waals surface area contributed by atoms with Gasteiger partial charge in [0, 0.05) is 0 Å². The molecule has 0 amide bonds. The van der Waals surface area contributed by atoms with Gasteiger partial charge >= 0.3 is 0 Å². The Labute approximate surface area is 59.4 Å². The summed E-state index contributed by atoms with van der Waals surface area (Å²) in [6, 6.07) is 0. The van der Waals surface area contributed by atoms with Crippen LogP contribution in [-0.2, 0) is 9.47 Å². The quantitative estimate of drug-likeness (QED) is 0.524. The van der Waals surface area contributed by atoms with Crippen LogP contribution in [0.25, 0.3) is 0 Å². The molecule has 0 bridgehead atoms. The maximum Gasteiger partial charge on any atom is 0.216 e. The molecule has 1 rings (SSSR count). The van der Waals surface area contributed by atoms with Crippen molar-refractivity contribution in [3.63, 3.8) is 0 Å². The van der Waals surface area contributed by atoms with Crippen LogP contribution in [0.4, 0.5) is 0 Å². The van der Waals surface area contributed by atoms with Gasteiger partial charge in [0.1, 0.15) is 6.61 Å². The van der Waals surface area contributed by atoms with E-state index in [1.165, 1.54) is 0 Å². The highest BCUT2D eigenvalue weighted by Crippen LogP contribution is 2.28. The molecular formula is C6H12O4. The molecule has 0 aliphatic carbocycles. The Balaban J connectivity index is 2.57. The van der Waals surface area contributed by atoms with Crippen molar-refractivity contribution in [1.82, 2.24) is 0 Å². The maximum atomic E-state index is 9.24. The summed E-state index contributed by atoms with van der Waals surface area (Å²) in [6.07, 6.45) is 0. The predicted molar refractivity (Wildman–Crippen MR) is 33.2 cm³/mol. The molecule has 0 saturated carbocycles. The number of ether oxygens (including phenoxy) is 2. The fourth-order valence-corrected chi connectivity index (χ4v) is 0.881. The van der Waals surface area contributed by atoms with Gasteiger partial charge in [-0.1, -0.05) is 0 Å². The van der Waals surface area contributed by atoms with Gasteiger partial charge in [-0.3, -0.25) is 0 Å². The minimum Gasteiger partial charge on any atom is -0.391 e. The topological polar surface area (TPSA) is 58.9 Å². The van der Waals surface area contributed by atoms with Crippen molar-refractivity contribution in [2.24, 2.45) is 0 Å². The fraction of sp³-hybridized carbons (Fsp3) is 1.00. The van der Waals surface area contributed by atoms with Gasteiger partial charge in [-0.2, -0.15) is 0 Å². The monoisotopic (exact) mass is 148 g/mol. The van der Waals surface area contributed by atoms with Crippen LogP contribution in [0.2, 0.25) is 0 Å². The summed E-state index contributed by atoms with van der Waals surface area (Å²) in [5.74, 6) is -2.28. The lowest BCUT2D eigenvalue weighted by Gasteiger charge is -2.20. The van der Waals surface area contributed by atoms with Gasteiger partial charge in [0.2, 0.25) is 5.79 Å². The molecule has 1 unspecified atom stereocenters. The molecule has 1 atom stereocenters. The molecule has 0 aromatic rings. The van der Waals surface area contributed by atoms with E-state index in [-0.39, 0.29) is 6.61 Å². The second kappa shape index (κ2) is 2.17. The molecule has 0 spiro atoms. The van der Waals surface area contributed by atoms with Gasteiger partial charge in [0.25, 0.3) is 0 Å². The zero-order valence-electron chi connectivity index (χ0n) is 6.13. The summed E-state index contributed by atoms with van der Waals surface area (Å²) >= 11 is 0. The molecule has 0 radical (unpaired) electrons. The van der Waals surface area contributed by atoms with Gasteiger partial charge in [0.15, 0.2) is 5.79 Å². The number of aliphatic hydroxyl groups is 2. The normalized spacial score (nSPS) is 38.4. The minimum atomic E-state index is -1.50. The number of rotatable bonds is 1. The van der Waals surface area contributed by atoms with Crippen LogP contribution in [0, 0.1) is 0 Å². The molecule has 0 aromatic carbocycles. The van der Waals surface area contributed by atoms with E-state index in [9.17, 15) is 5.11 Å². The van der Waals surface area contributed by atoms with Gasteiger partial charge in [-0.15, -0.1) is 0 Å². The molecule has 4 heteroatoms. The van der Waals surface area contributed by atoms with Crippen LogP contribution in [0.5, 0.6) is 0 Å². The molecule has 10 heavy (non-hydrogen) atoms. The molecule has 1 fully saturated rings. The number of hydrogen-bond donors (Lipinski definition) is 2. The van der Waals surface area contributed by atoms with Crippen LogP contribution in [0.3, 0.4) is 0 Å². The third kappa shape index (κ3) is 1.46. The van der Waals surface area contributed by atoms with E-state index in [2.05, 4.69) is 0 Å². The van der Waals surface area contributed by atoms with Crippen LogP contribution < -0.4 is 0 Å². The van der Waals surface area contributed by atoms with Gasteiger partial charge in [-0.25, -0.2) is 0 Å². The lowest BCUT2D eigenvalue weighted by Crippen LogP contribution is -2.37. The molecule has 2 N–H and O–H groups in total. The Hall–Kier alpha value is -0.160. The van der Waals surface area contributed by atoms with Gasteiger partial charge in [0.05, 0.1) is 6.61 Å². The molecule has 4 nitrogen and oxygen atoms in total. The van der Waals surface area contributed by atoms with E-state index in [1.54, 1.807) is 13.8 Å². The predicted octanol–water partition coefficient (Wildman–Crippen LogP) is -0.550. The van der Waals surface area contributed by atoms with Gasteiger partial charge < -0.3 is 19.7 Å². The van der Waals surface area contributed by atoms with Crippen LogP contribution in [-0.4, -0.2) is 35.0 Å². The largest absolute Gasteiger partial charge is 0.391 e. The first-order chi connectivity index (χ1) is 4.47. The van der Waals surface area contributed by atoms with E-state index in [0.29, 0.717) is 0 Å². The summed E-state index contributed by atoms with van der Waals surface area (Å²) in [7, 11) is 0. The van der Waals surface area contributed by atoms with Crippen LogP contribution in [0.15, 0.2) is 0 Å². The molecule has 1 aliphatic rings. The molecule has 1 heterocycles. The first-order valence-electron chi connectivity index (χ1n) is 3.15. The van der Waals surface area contributed by atoms with Crippen molar-refractivity contribution in [3.05, 3.63) is 0 Å². The lowest BCUT2D eigenvalue weighted by molar-refractivity contribution is -0.243. The summed E-state index contributed by atoms with van der Waals surface area (Å²) in [4.78, 5) is 0. The molecule has 0 aromatic heterocycles. The molecule has 1 aliphatic heterocycles. The van der Waals surface area contributed by atoms with Crippen molar-refractivity contribution in [2.45, 2.75) is 25.4 Å². The molecule has 60 valence electrons. The third-order valence-electron chi connectivity index (χ3n) is 1.33. The summed E-state index contributed by atoms with van der Waals surface area (Å²) < 4.78 is 9.98. The Bertz CT molecular complexity index is 134. The Morgan fingerprint density at radius 3 is 2.30 bits per heavy atom. The van der Waals surface area contributed by atoms with Crippen molar-refractivity contribution >= 4 is 0 Å². The molecular weight excluding hydrogens is 136 g/mol. The molecule has 1 saturated heterocycles. The number of aliphatic hydroxyl groups excluding tert-OH is 1. The average Bonchev–Trinajstić information content (AvgIpc) is 2.08. The van der Waals surface area contributed by atoms with E-state index in [1.807, 2.05) is 0 Å². The fourth-order valence-electron chi connectivity index (χ4n) is 0.881. The zero-order valence-corrected chi connectivity index (χ0v) is 6.13. The lowest BCUT2D eigenvalue weighted by atomic mass is 10.3. The van der Waals surface area contributed by atoms with Gasteiger partial charge in [-0.05, 0) is 13.8 Å². The van der Waals surface area contributed by atoms with Crippen molar-refractivity contribution in [1.29, 1.82) is 0 Å². The summed E-state index contributed by atoms with van der Waals surface area (Å²) in [6.45, 7) is 2.95. The van der Waals surface area contributed by atoms with E-state index in [4.69, 9.17) is 14.6 Å². The minimum absolute atomic E-state index is 0.0243. The SMILES string of the molecule is CC1(C)OCC(O)(CO)O1. The Kier molecular flexibility index (Phi) is 1.72. The van der Waals surface area contributed by atoms with E-state index >= 15 is 0 Å². The van der Waals surface area contributed by atoms with E-state index < -0.39 is 18.2 Å². The van der Waals surface area contributed by atoms with Crippen molar-refractivity contribution in [3.8, 4) is 0 Å². The second-order valence-corrected chi connectivity index (χ2v) is 2.89. The standard InChI is InChI=1S/C6H12O4/c1-5(2)9-4-6(8,3-7)10-5/h7-8H,3-4H2,1-2H3. The zero-order chi connectivity index (χ0) is 7.83. The van der Waals surface area contributed by atoms with Crippen LogP contribution >= 0.6 is 0 Å². The highest BCUT2D eigenvalue weighted by atomic mass is 16.8. The average molecular weight is 148 g/mol. The van der Waals surface area contributed by atoms with Crippen LogP contribution in [0.1, 0.15) is 13.8 Å². The van der Waals surface area contributed by atoms with E-state index in [0.717, 1.165) is 0 Å². The Morgan fingerprint density at radius 1 is 1.50 bits per heavy atom. The smallest absolute Gasteiger partial charge is 0.216 e. The second-order valence-electron chi connectivity index (χ2n) is 2.89. The Morgan fingerprint density at radius 2 is 2.10 bits per heavy atom. The maximum absolute atomic E-state index is 9.24. The highest BCUT2D eigenvalue weighted by molar-refractivity contribution is 4.76.